The van der Waals surface area contributed by atoms with Crippen molar-refractivity contribution in [1.29, 1.82) is 0 Å². The van der Waals surface area contributed by atoms with Crippen molar-refractivity contribution in [3.63, 3.8) is 0 Å². The first-order valence-electron chi connectivity index (χ1n) is 7.01. The van der Waals surface area contributed by atoms with Crippen LogP contribution in [0.1, 0.15) is 29.3 Å². The summed E-state index contributed by atoms with van der Waals surface area (Å²) in [6.45, 7) is 1.77. The van der Waals surface area contributed by atoms with E-state index in [-0.39, 0.29) is 17.4 Å². The molecule has 1 atom stereocenters. The van der Waals surface area contributed by atoms with Gasteiger partial charge in [-0.15, -0.1) is 11.3 Å². The minimum absolute atomic E-state index is 0.0268. The van der Waals surface area contributed by atoms with Crippen LogP contribution in [0.4, 0.5) is 5.00 Å². The zero-order valence-corrected chi connectivity index (χ0v) is 12.7. The minimum atomic E-state index is -0.150. The Kier molecular flexibility index (Phi) is 2.87. The highest BCUT2D eigenvalue weighted by Crippen LogP contribution is 2.44. The molecular formula is C16H13N3O2S. The Balaban J connectivity index is 2.03. The Morgan fingerprint density at radius 2 is 2.00 bits per heavy atom. The Morgan fingerprint density at radius 1 is 1.23 bits per heavy atom. The van der Waals surface area contributed by atoms with Gasteiger partial charge in [-0.1, -0.05) is 30.3 Å². The average molecular weight is 311 g/mol. The molecule has 0 fully saturated rings. The van der Waals surface area contributed by atoms with Crippen molar-refractivity contribution in [3.05, 3.63) is 57.6 Å². The van der Waals surface area contributed by atoms with Crippen LogP contribution < -0.4 is 10.9 Å². The van der Waals surface area contributed by atoms with Crippen molar-refractivity contribution in [2.45, 2.75) is 19.3 Å². The maximum Gasteiger partial charge on any atom is 0.268 e. The predicted molar refractivity (Wildman–Crippen MR) is 86.5 cm³/mol. The van der Waals surface area contributed by atoms with E-state index in [0.717, 1.165) is 16.1 Å². The van der Waals surface area contributed by atoms with Crippen molar-refractivity contribution < 1.29 is 4.79 Å². The molecule has 4 rings (SSSR count). The number of nitrogens with zero attached hydrogens (tertiary/aromatic N) is 1. The van der Waals surface area contributed by atoms with Crippen LogP contribution in [0.3, 0.4) is 0 Å². The third-order valence-corrected chi connectivity index (χ3v) is 5.00. The third-order valence-electron chi connectivity index (χ3n) is 3.89. The lowest BCUT2D eigenvalue weighted by Crippen LogP contribution is -2.22. The molecule has 0 saturated heterocycles. The van der Waals surface area contributed by atoms with E-state index < -0.39 is 0 Å². The summed E-state index contributed by atoms with van der Waals surface area (Å²) in [6.07, 6.45) is 0.371. The predicted octanol–water partition coefficient (Wildman–Crippen LogP) is 2.77. The zero-order valence-electron chi connectivity index (χ0n) is 11.8. The van der Waals surface area contributed by atoms with E-state index in [1.54, 1.807) is 6.92 Å². The number of rotatable bonds is 1. The third kappa shape index (κ3) is 1.95. The van der Waals surface area contributed by atoms with E-state index in [1.165, 1.54) is 11.3 Å². The molecule has 0 saturated carbocycles. The molecule has 6 heteroatoms. The van der Waals surface area contributed by atoms with Crippen molar-refractivity contribution in [3.8, 4) is 0 Å². The number of carbonyl (C=O) groups is 1. The van der Waals surface area contributed by atoms with Gasteiger partial charge in [-0.25, -0.2) is 4.98 Å². The van der Waals surface area contributed by atoms with E-state index in [1.807, 2.05) is 30.3 Å². The highest BCUT2D eigenvalue weighted by Gasteiger charge is 2.31. The summed E-state index contributed by atoms with van der Waals surface area (Å²) in [4.78, 5) is 31.4. The first-order valence-corrected chi connectivity index (χ1v) is 7.83. The number of fused-ring (bicyclic) bond motifs is 3. The quantitative estimate of drug-likeness (QED) is 0.725. The number of aryl methyl sites for hydroxylation is 1. The lowest BCUT2D eigenvalue weighted by atomic mass is 9.87. The second-order valence-corrected chi connectivity index (χ2v) is 6.41. The normalized spacial score (nSPS) is 17.3. The van der Waals surface area contributed by atoms with Crippen LogP contribution in [0.25, 0.3) is 10.2 Å². The molecule has 3 heterocycles. The van der Waals surface area contributed by atoms with Crippen LogP contribution in [-0.2, 0) is 4.79 Å². The highest BCUT2D eigenvalue weighted by atomic mass is 32.1. The molecule has 1 amide bonds. The fourth-order valence-corrected chi connectivity index (χ4v) is 4.08. The van der Waals surface area contributed by atoms with E-state index in [2.05, 4.69) is 15.3 Å². The molecule has 2 N–H and O–H groups in total. The Bertz CT molecular complexity index is 943. The van der Waals surface area contributed by atoms with Gasteiger partial charge < -0.3 is 10.3 Å². The van der Waals surface area contributed by atoms with Crippen LogP contribution in [0.15, 0.2) is 35.1 Å². The first kappa shape index (κ1) is 13.2. The lowest BCUT2D eigenvalue weighted by Gasteiger charge is -2.23. The molecule has 0 spiro atoms. The Morgan fingerprint density at radius 3 is 2.77 bits per heavy atom. The summed E-state index contributed by atoms with van der Waals surface area (Å²) >= 11 is 1.30. The maximum atomic E-state index is 12.1. The maximum absolute atomic E-state index is 12.1. The number of aromatic nitrogens is 2. The molecule has 110 valence electrons. The second kappa shape index (κ2) is 4.78. The Labute approximate surface area is 130 Å². The fourth-order valence-electron chi connectivity index (χ4n) is 2.97. The molecule has 1 aliphatic rings. The number of hydrogen-bond acceptors (Lipinski definition) is 4. The van der Waals surface area contributed by atoms with Gasteiger partial charge in [-0.3, -0.25) is 9.59 Å². The number of benzene rings is 1. The smallest absolute Gasteiger partial charge is 0.268 e. The summed E-state index contributed by atoms with van der Waals surface area (Å²) in [5.74, 6) is 0.496. The van der Waals surface area contributed by atoms with Gasteiger partial charge in [0.05, 0.1) is 5.52 Å². The van der Waals surface area contributed by atoms with Crippen LogP contribution >= 0.6 is 11.3 Å². The summed E-state index contributed by atoms with van der Waals surface area (Å²) in [6, 6.07) is 9.89. The topological polar surface area (TPSA) is 74.8 Å². The van der Waals surface area contributed by atoms with Crippen molar-refractivity contribution in [2.75, 3.05) is 5.32 Å². The highest BCUT2D eigenvalue weighted by molar-refractivity contribution is 7.23. The molecule has 2 aromatic heterocycles. The number of H-pyrrole nitrogens is 1. The number of thiophene rings is 1. The molecule has 5 nitrogen and oxygen atoms in total. The molecule has 0 aliphatic carbocycles. The van der Waals surface area contributed by atoms with Crippen molar-refractivity contribution >= 4 is 32.5 Å². The van der Waals surface area contributed by atoms with Gasteiger partial charge in [0.25, 0.3) is 5.56 Å². The van der Waals surface area contributed by atoms with Gasteiger partial charge in [0.1, 0.15) is 15.5 Å². The van der Waals surface area contributed by atoms with Crippen LogP contribution in [0.2, 0.25) is 0 Å². The fraction of sp³-hybridized carbons (Fsp3) is 0.188. The monoisotopic (exact) mass is 311 g/mol. The number of anilines is 1. The number of hydrogen-bond donors (Lipinski definition) is 2. The van der Waals surface area contributed by atoms with Crippen molar-refractivity contribution in [2.24, 2.45) is 0 Å². The molecule has 1 aromatic carbocycles. The van der Waals surface area contributed by atoms with Gasteiger partial charge in [0.2, 0.25) is 5.91 Å². The van der Waals surface area contributed by atoms with E-state index >= 15 is 0 Å². The summed E-state index contributed by atoms with van der Waals surface area (Å²) < 4.78 is 0.568. The molecule has 1 unspecified atom stereocenters. The number of amides is 1. The summed E-state index contributed by atoms with van der Waals surface area (Å²) in [5.41, 5.74) is 2.58. The van der Waals surface area contributed by atoms with Gasteiger partial charge in [0, 0.05) is 17.9 Å². The molecule has 1 aliphatic heterocycles. The van der Waals surface area contributed by atoms with E-state index in [4.69, 9.17) is 0 Å². The number of aromatic amines is 1. The van der Waals surface area contributed by atoms with E-state index in [0.29, 0.717) is 22.5 Å². The largest absolute Gasteiger partial charge is 0.317 e. The van der Waals surface area contributed by atoms with Gasteiger partial charge >= 0.3 is 0 Å². The van der Waals surface area contributed by atoms with Gasteiger partial charge in [-0.2, -0.15) is 0 Å². The molecule has 3 aromatic rings. The van der Waals surface area contributed by atoms with Gasteiger partial charge in [0.15, 0.2) is 0 Å². The van der Waals surface area contributed by atoms with Crippen LogP contribution in [-0.4, -0.2) is 15.9 Å². The van der Waals surface area contributed by atoms with Crippen molar-refractivity contribution in [1.82, 2.24) is 9.97 Å². The molecule has 0 bridgehead atoms. The average Bonchev–Trinajstić information content (AvgIpc) is 2.86. The Hall–Kier alpha value is -2.47. The number of carbonyl (C=O) groups excluding carboxylic acids is 1. The zero-order chi connectivity index (χ0) is 15.3. The summed E-state index contributed by atoms with van der Waals surface area (Å²) in [7, 11) is 0. The van der Waals surface area contributed by atoms with Crippen LogP contribution in [0.5, 0.6) is 0 Å². The summed E-state index contributed by atoms with van der Waals surface area (Å²) in [5, 5.41) is 3.62. The SMILES string of the molecule is Cc1nc2c3c(sc2c(=O)[nH]1)NC(=O)CC3c1ccccc1. The van der Waals surface area contributed by atoms with Gasteiger partial charge in [-0.05, 0) is 12.5 Å². The molecular weight excluding hydrogens is 298 g/mol. The van der Waals surface area contributed by atoms with Crippen LogP contribution in [0, 0.1) is 6.92 Å². The molecule has 0 radical (unpaired) electrons. The second-order valence-electron chi connectivity index (χ2n) is 5.39. The van der Waals surface area contributed by atoms with E-state index in [9.17, 15) is 9.59 Å². The lowest BCUT2D eigenvalue weighted by molar-refractivity contribution is -0.116. The standard InChI is InChI=1S/C16H13N3O2S/c1-8-17-13-12-10(9-5-3-2-4-6-9)7-11(20)19-16(12)22-14(13)15(21)18-8/h2-6,10H,7H2,1H3,(H,19,20)(H,17,18,21). The minimum Gasteiger partial charge on any atom is -0.317 e. The number of nitrogens with one attached hydrogen (secondary N) is 2. The molecule has 22 heavy (non-hydrogen) atoms. The first-order chi connectivity index (χ1) is 10.6.